The van der Waals surface area contributed by atoms with E-state index in [1.165, 1.54) is 0 Å². The Morgan fingerprint density at radius 2 is 1.78 bits per heavy atom. The summed E-state index contributed by atoms with van der Waals surface area (Å²) in [5.41, 5.74) is -0.953. The van der Waals surface area contributed by atoms with Crippen LogP contribution >= 0.6 is 0 Å². The average molecular weight is 277 g/mol. The van der Waals surface area contributed by atoms with Crippen LogP contribution in [0.4, 0.5) is 18.9 Å². The van der Waals surface area contributed by atoms with Gasteiger partial charge in [-0.3, -0.25) is 4.72 Å². The maximum Gasteiger partial charge on any atom is 0.279 e. The van der Waals surface area contributed by atoms with Gasteiger partial charge < -0.3 is 4.98 Å². The molecule has 0 aliphatic carbocycles. The highest BCUT2D eigenvalue weighted by molar-refractivity contribution is 7.92. The number of benzene rings is 1. The molecule has 2 N–H and O–H groups in total. The minimum atomic E-state index is -4.20. The molecule has 2 aromatic rings. The van der Waals surface area contributed by atoms with Gasteiger partial charge in [0.15, 0.2) is 16.7 Å². The van der Waals surface area contributed by atoms with E-state index in [0.29, 0.717) is 12.1 Å². The summed E-state index contributed by atoms with van der Waals surface area (Å²) in [5, 5.41) is -0.370. The van der Waals surface area contributed by atoms with Gasteiger partial charge >= 0.3 is 0 Å². The SMILES string of the molecule is O=S(=O)(Nc1c(F)cc(F)cc1F)c1cnc[nH]1. The first-order chi connectivity index (χ1) is 8.40. The number of anilines is 1. The molecule has 96 valence electrons. The normalized spacial score (nSPS) is 11.5. The van der Waals surface area contributed by atoms with Gasteiger partial charge in [0.05, 0.1) is 12.5 Å². The standard InChI is InChI=1S/C9H6F3N3O2S/c10-5-1-6(11)9(7(12)2-5)15-18(16,17)8-3-13-4-14-8/h1-4,15H,(H,13,14). The van der Waals surface area contributed by atoms with Crippen molar-refractivity contribution in [2.75, 3.05) is 4.72 Å². The van der Waals surface area contributed by atoms with Gasteiger partial charge in [-0.05, 0) is 0 Å². The fourth-order valence-electron chi connectivity index (χ4n) is 1.22. The van der Waals surface area contributed by atoms with Gasteiger partial charge in [-0.2, -0.15) is 8.42 Å². The molecule has 0 saturated heterocycles. The monoisotopic (exact) mass is 277 g/mol. The molecule has 1 aromatic carbocycles. The second-order valence-electron chi connectivity index (χ2n) is 3.27. The molecule has 0 radical (unpaired) electrons. The van der Waals surface area contributed by atoms with E-state index in [9.17, 15) is 21.6 Å². The summed E-state index contributed by atoms with van der Waals surface area (Å²) < 4.78 is 64.1. The van der Waals surface area contributed by atoms with Crippen LogP contribution in [0.3, 0.4) is 0 Å². The first kappa shape index (κ1) is 12.4. The van der Waals surface area contributed by atoms with Crippen LogP contribution < -0.4 is 4.72 Å². The van der Waals surface area contributed by atoms with E-state index in [1.54, 1.807) is 4.72 Å². The Morgan fingerprint density at radius 3 is 2.28 bits per heavy atom. The summed E-state index contributed by atoms with van der Waals surface area (Å²) in [4.78, 5) is 5.73. The van der Waals surface area contributed by atoms with Crippen molar-refractivity contribution < 1.29 is 21.6 Å². The molecule has 5 nitrogen and oxygen atoms in total. The van der Waals surface area contributed by atoms with Crippen molar-refractivity contribution in [2.24, 2.45) is 0 Å². The van der Waals surface area contributed by atoms with Crippen LogP contribution in [-0.4, -0.2) is 18.4 Å². The summed E-state index contributed by atoms with van der Waals surface area (Å²) >= 11 is 0. The summed E-state index contributed by atoms with van der Waals surface area (Å²) in [6.07, 6.45) is 2.05. The topological polar surface area (TPSA) is 74.8 Å². The molecule has 0 saturated carbocycles. The molecule has 1 aromatic heterocycles. The lowest BCUT2D eigenvalue weighted by molar-refractivity contribution is 0.547. The molecule has 2 rings (SSSR count). The summed E-state index contributed by atoms with van der Waals surface area (Å²) in [6.45, 7) is 0. The molecular formula is C9H6F3N3O2S. The Morgan fingerprint density at radius 1 is 1.17 bits per heavy atom. The summed E-state index contributed by atoms with van der Waals surface area (Å²) in [6, 6.07) is 0.738. The number of sulfonamides is 1. The van der Waals surface area contributed by atoms with Gasteiger partial charge in [0.25, 0.3) is 10.0 Å². The van der Waals surface area contributed by atoms with Crippen LogP contribution in [-0.2, 0) is 10.0 Å². The zero-order valence-corrected chi connectivity index (χ0v) is 9.43. The third-order valence-corrected chi connectivity index (χ3v) is 3.28. The van der Waals surface area contributed by atoms with Gasteiger partial charge in [0.2, 0.25) is 0 Å². The van der Waals surface area contributed by atoms with Gasteiger partial charge in [-0.25, -0.2) is 18.2 Å². The Bertz CT molecular complexity index is 647. The second kappa shape index (κ2) is 4.33. The highest BCUT2D eigenvalue weighted by Gasteiger charge is 2.21. The van der Waals surface area contributed by atoms with E-state index in [0.717, 1.165) is 12.5 Å². The lowest BCUT2D eigenvalue weighted by Crippen LogP contribution is -2.15. The van der Waals surface area contributed by atoms with E-state index < -0.39 is 33.2 Å². The van der Waals surface area contributed by atoms with Crippen LogP contribution in [0.2, 0.25) is 0 Å². The number of nitrogens with one attached hydrogen (secondary N) is 2. The number of aromatic nitrogens is 2. The molecule has 0 spiro atoms. The Balaban J connectivity index is 2.42. The number of hydrogen-bond acceptors (Lipinski definition) is 3. The van der Waals surface area contributed by atoms with Gasteiger partial charge in [-0.15, -0.1) is 0 Å². The maximum atomic E-state index is 13.3. The van der Waals surface area contributed by atoms with Crippen LogP contribution in [0.5, 0.6) is 0 Å². The molecule has 0 bridgehead atoms. The fraction of sp³-hybridized carbons (Fsp3) is 0. The Hall–Kier alpha value is -2.03. The molecule has 0 amide bonds. The van der Waals surface area contributed by atoms with Gasteiger partial charge in [0, 0.05) is 12.1 Å². The molecule has 0 unspecified atom stereocenters. The van der Waals surface area contributed by atoms with Crippen molar-refractivity contribution in [1.82, 2.24) is 9.97 Å². The number of imidazole rings is 1. The van der Waals surface area contributed by atoms with E-state index in [-0.39, 0.29) is 5.03 Å². The molecule has 1 heterocycles. The molecule has 0 aliphatic rings. The predicted molar refractivity (Wildman–Crippen MR) is 55.7 cm³/mol. The lowest BCUT2D eigenvalue weighted by atomic mass is 10.3. The molecular weight excluding hydrogens is 271 g/mol. The van der Waals surface area contributed by atoms with E-state index >= 15 is 0 Å². The minimum absolute atomic E-state index is 0.369. The highest BCUT2D eigenvalue weighted by atomic mass is 32.2. The van der Waals surface area contributed by atoms with Crippen LogP contribution in [0.15, 0.2) is 29.7 Å². The average Bonchev–Trinajstić information content (AvgIpc) is 2.77. The fourth-order valence-corrected chi connectivity index (χ4v) is 2.20. The van der Waals surface area contributed by atoms with Crippen molar-refractivity contribution in [3.8, 4) is 0 Å². The second-order valence-corrected chi connectivity index (χ2v) is 4.92. The van der Waals surface area contributed by atoms with Crippen LogP contribution in [0.1, 0.15) is 0 Å². The van der Waals surface area contributed by atoms with Crippen molar-refractivity contribution in [3.63, 3.8) is 0 Å². The Labute approximate surface area is 99.7 Å². The zero-order chi connectivity index (χ0) is 13.3. The van der Waals surface area contributed by atoms with Crippen molar-refractivity contribution in [1.29, 1.82) is 0 Å². The third kappa shape index (κ3) is 2.30. The molecule has 0 aliphatic heterocycles. The molecule has 0 atom stereocenters. The van der Waals surface area contributed by atoms with E-state index in [2.05, 4.69) is 9.97 Å². The Kier molecular flexibility index (Phi) is 2.99. The number of H-pyrrole nitrogens is 1. The zero-order valence-electron chi connectivity index (χ0n) is 8.62. The largest absolute Gasteiger partial charge is 0.334 e. The minimum Gasteiger partial charge on any atom is -0.334 e. The lowest BCUT2D eigenvalue weighted by Gasteiger charge is -2.08. The number of rotatable bonds is 3. The van der Waals surface area contributed by atoms with Crippen molar-refractivity contribution in [2.45, 2.75) is 5.03 Å². The van der Waals surface area contributed by atoms with Gasteiger partial charge in [0.1, 0.15) is 11.5 Å². The summed E-state index contributed by atoms with van der Waals surface area (Å²) in [5.74, 6) is -3.85. The highest BCUT2D eigenvalue weighted by Crippen LogP contribution is 2.22. The van der Waals surface area contributed by atoms with Crippen LogP contribution in [0, 0.1) is 17.5 Å². The molecule has 9 heteroatoms. The number of halogens is 3. The van der Waals surface area contributed by atoms with E-state index in [4.69, 9.17) is 0 Å². The first-order valence-electron chi connectivity index (χ1n) is 4.56. The maximum absolute atomic E-state index is 13.3. The predicted octanol–water partition coefficient (Wildman–Crippen LogP) is 1.63. The number of aromatic amines is 1. The molecule has 0 fully saturated rings. The molecule has 18 heavy (non-hydrogen) atoms. The van der Waals surface area contributed by atoms with Crippen molar-refractivity contribution >= 4 is 15.7 Å². The first-order valence-corrected chi connectivity index (χ1v) is 6.04. The number of nitrogens with zero attached hydrogens (tertiary/aromatic N) is 1. The van der Waals surface area contributed by atoms with Gasteiger partial charge in [-0.1, -0.05) is 0 Å². The van der Waals surface area contributed by atoms with Crippen molar-refractivity contribution in [3.05, 3.63) is 42.1 Å². The quantitative estimate of drug-likeness (QED) is 0.895. The number of hydrogen-bond donors (Lipinski definition) is 2. The van der Waals surface area contributed by atoms with Crippen LogP contribution in [0.25, 0.3) is 0 Å². The third-order valence-electron chi connectivity index (χ3n) is 2.01. The summed E-state index contributed by atoms with van der Waals surface area (Å²) in [7, 11) is -4.20. The smallest absolute Gasteiger partial charge is 0.279 e. The van der Waals surface area contributed by atoms with E-state index in [1.807, 2.05) is 0 Å².